The fourth-order valence-electron chi connectivity index (χ4n) is 3.47. The van der Waals surface area contributed by atoms with Gasteiger partial charge in [-0.2, -0.15) is 0 Å². The molecule has 1 saturated heterocycles. The first-order valence-electron chi connectivity index (χ1n) is 12.4. The zero-order chi connectivity index (χ0) is 28.3. The first-order chi connectivity index (χ1) is 16.9. The van der Waals surface area contributed by atoms with Crippen LogP contribution in [-0.4, -0.2) is 61.1 Å². The maximum atomic E-state index is 13.0. The van der Waals surface area contributed by atoms with Gasteiger partial charge in [-0.3, -0.25) is 14.4 Å². The van der Waals surface area contributed by atoms with Gasteiger partial charge in [-0.05, 0) is 68.4 Å². The molecule has 1 aromatic rings. The van der Waals surface area contributed by atoms with Crippen molar-refractivity contribution in [2.75, 3.05) is 13.7 Å². The van der Waals surface area contributed by atoms with Crippen molar-refractivity contribution in [2.24, 2.45) is 16.2 Å². The molecule has 0 aliphatic carbocycles. The van der Waals surface area contributed by atoms with Gasteiger partial charge in [0, 0.05) is 5.56 Å². The summed E-state index contributed by atoms with van der Waals surface area (Å²) in [6.45, 7) is 14.9. The molecule has 0 bridgehead atoms. The lowest BCUT2D eigenvalue weighted by molar-refractivity contribution is -0.255. The van der Waals surface area contributed by atoms with Crippen molar-refractivity contribution in [3.63, 3.8) is 0 Å². The molecule has 0 aromatic heterocycles. The highest BCUT2D eigenvalue weighted by Crippen LogP contribution is 2.40. The Labute approximate surface area is 219 Å². The van der Waals surface area contributed by atoms with Gasteiger partial charge < -0.3 is 28.8 Å². The number of hydrogen-bond donors (Lipinski definition) is 1. The van der Waals surface area contributed by atoms with Gasteiger partial charge in [-0.15, -0.1) is 0 Å². The summed E-state index contributed by atoms with van der Waals surface area (Å²) >= 11 is 0. The van der Waals surface area contributed by atoms with Crippen LogP contribution in [0.25, 0.3) is 0 Å². The second-order valence-electron chi connectivity index (χ2n) is 12.4. The second kappa shape index (κ2) is 11.4. The van der Waals surface area contributed by atoms with E-state index in [1.165, 1.54) is 7.11 Å². The Balaban J connectivity index is 2.57. The minimum atomic E-state index is -1.42. The molecule has 9 heteroatoms. The van der Waals surface area contributed by atoms with Crippen molar-refractivity contribution in [1.82, 2.24) is 0 Å². The van der Waals surface area contributed by atoms with Gasteiger partial charge in [0.15, 0.2) is 12.2 Å². The minimum absolute atomic E-state index is 0.292. The summed E-state index contributed by atoms with van der Waals surface area (Å²) in [6.07, 6.45) is -6.05. The average molecular weight is 523 g/mol. The van der Waals surface area contributed by atoms with E-state index >= 15 is 0 Å². The third kappa shape index (κ3) is 7.68. The highest BCUT2D eigenvalue weighted by atomic mass is 16.6. The van der Waals surface area contributed by atoms with Gasteiger partial charge in [-0.25, -0.2) is 0 Å². The number of carbonyl (C=O) groups is 3. The number of ether oxygens (including phenoxy) is 5. The molecule has 1 fully saturated rings. The van der Waals surface area contributed by atoms with Crippen molar-refractivity contribution in [3.05, 3.63) is 29.8 Å². The summed E-state index contributed by atoms with van der Waals surface area (Å²) in [4.78, 5) is 38.4. The van der Waals surface area contributed by atoms with Gasteiger partial charge in [-0.1, -0.05) is 18.2 Å². The van der Waals surface area contributed by atoms with Gasteiger partial charge in [0.25, 0.3) is 0 Å². The molecular formula is C28H42O9. The summed E-state index contributed by atoms with van der Waals surface area (Å²) in [5, 5.41) is 11.5. The summed E-state index contributed by atoms with van der Waals surface area (Å²) in [5.41, 5.74) is -2.08. The van der Waals surface area contributed by atoms with Crippen molar-refractivity contribution in [2.45, 2.75) is 92.8 Å². The van der Waals surface area contributed by atoms with E-state index in [-0.39, 0.29) is 6.61 Å². The van der Waals surface area contributed by atoms with Crippen molar-refractivity contribution >= 4 is 17.9 Å². The molecule has 2 rings (SSSR count). The van der Waals surface area contributed by atoms with Crippen molar-refractivity contribution in [3.8, 4) is 5.75 Å². The van der Waals surface area contributed by atoms with E-state index < -0.39 is 64.7 Å². The lowest BCUT2D eigenvalue weighted by Crippen LogP contribution is -2.59. The third-order valence-corrected chi connectivity index (χ3v) is 5.81. The van der Waals surface area contributed by atoms with Crippen LogP contribution in [-0.2, 0) is 33.3 Å². The Hall–Kier alpha value is -2.65. The maximum Gasteiger partial charge on any atom is 0.311 e. The zero-order valence-electron chi connectivity index (χ0n) is 23.6. The minimum Gasteiger partial charge on any atom is -0.496 e. The zero-order valence-corrected chi connectivity index (χ0v) is 23.6. The molecule has 37 heavy (non-hydrogen) atoms. The Morgan fingerprint density at radius 3 is 1.78 bits per heavy atom. The van der Waals surface area contributed by atoms with Crippen LogP contribution in [0.1, 0.15) is 74.0 Å². The number of aliphatic hydroxyl groups excluding tert-OH is 1. The van der Waals surface area contributed by atoms with Crippen LogP contribution in [0.15, 0.2) is 24.3 Å². The molecule has 0 unspecified atom stereocenters. The second-order valence-corrected chi connectivity index (χ2v) is 12.4. The smallest absolute Gasteiger partial charge is 0.311 e. The highest BCUT2D eigenvalue weighted by Gasteiger charge is 2.52. The molecule has 5 atom stereocenters. The molecule has 1 heterocycles. The molecule has 0 spiro atoms. The Morgan fingerprint density at radius 1 is 0.811 bits per heavy atom. The van der Waals surface area contributed by atoms with Crippen LogP contribution >= 0.6 is 0 Å². The van der Waals surface area contributed by atoms with Crippen molar-refractivity contribution in [1.29, 1.82) is 0 Å². The van der Waals surface area contributed by atoms with Gasteiger partial charge in [0.1, 0.15) is 30.7 Å². The summed E-state index contributed by atoms with van der Waals surface area (Å²) < 4.78 is 28.8. The Morgan fingerprint density at radius 2 is 1.30 bits per heavy atom. The van der Waals surface area contributed by atoms with E-state index in [0.29, 0.717) is 11.3 Å². The number of esters is 3. The number of methoxy groups -OCH3 is 1. The molecule has 208 valence electrons. The number of benzene rings is 1. The lowest BCUT2D eigenvalue weighted by Gasteiger charge is -2.45. The molecule has 9 nitrogen and oxygen atoms in total. The van der Waals surface area contributed by atoms with Crippen LogP contribution in [0.4, 0.5) is 0 Å². The van der Waals surface area contributed by atoms with E-state index in [4.69, 9.17) is 23.7 Å². The lowest BCUT2D eigenvalue weighted by atomic mass is 9.89. The number of carbonyl (C=O) groups excluding carboxylic acids is 3. The van der Waals surface area contributed by atoms with E-state index in [2.05, 4.69) is 0 Å². The maximum absolute atomic E-state index is 13.0. The van der Waals surface area contributed by atoms with Crippen LogP contribution in [0.3, 0.4) is 0 Å². The number of aliphatic hydroxyl groups is 1. The molecule has 1 N–H and O–H groups in total. The van der Waals surface area contributed by atoms with Gasteiger partial charge in [0.05, 0.1) is 23.4 Å². The topological polar surface area (TPSA) is 118 Å². The van der Waals surface area contributed by atoms with Gasteiger partial charge >= 0.3 is 17.9 Å². The van der Waals surface area contributed by atoms with Gasteiger partial charge in [0.2, 0.25) is 0 Å². The Bertz CT molecular complexity index is 965. The average Bonchev–Trinajstić information content (AvgIpc) is 2.78. The number of para-hydroxylation sites is 1. The van der Waals surface area contributed by atoms with Crippen LogP contribution < -0.4 is 4.74 Å². The largest absolute Gasteiger partial charge is 0.496 e. The van der Waals surface area contributed by atoms with Crippen LogP contribution in [0.5, 0.6) is 5.75 Å². The molecule has 0 saturated carbocycles. The van der Waals surface area contributed by atoms with E-state index in [0.717, 1.165) is 0 Å². The highest BCUT2D eigenvalue weighted by molar-refractivity contribution is 5.77. The summed E-state index contributed by atoms with van der Waals surface area (Å²) in [5.74, 6) is -1.23. The molecule has 1 aliphatic heterocycles. The summed E-state index contributed by atoms with van der Waals surface area (Å²) in [7, 11) is 1.49. The van der Waals surface area contributed by atoms with E-state index in [1.807, 2.05) is 0 Å². The fourth-order valence-corrected chi connectivity index (χ4v) is 3.47. The van der Waals surface area contributed by atoms with E-state index in [1.54, 1.807) is 86.6 Å². The Kier molecular flexibility index (Phi) is 9.41. The first kappa shape index (κ1) is 30.6. The quantitative estimate of drug-likeness (QED) is 0.437. The predicted octanol–water partition coefficient (Wildman–Crippen LogP) is 4.00. The SMILES string of the molecule is COc1ccccc1[C@H]1O[C@H](COC(=O)C(C)(C)C)[C@@H](OC(=O)C(C)(C)C)[C@H](OC(=O)C(C)(C)C)[C@H]1O. The fraction of sp³-hybridized carbons (Fsp3) is 0.679. The third-order valence-electron chi connectivity index (χ3n) is 5.81. The normalized spacial score (nSPS) is 24.7. The standard InChI is InChI=1S/C28H42O9/c1-26(2,3)23(30)34-15-18-21(36-24(31)27(4,5)6)22(37-25(32)28(7,8)9)19(29)20(35-18)16-13-11-12-14-17(16)33-10/h11-14,18-22,29H,15H2,1-10H3/t18-,19+,20-,21-,22-/m1/s1. The molecule has 0 radical (unpaired) electrons. The summed E-state index contributed by atoms with van der Waals surface area (Å²) in [6, 6.07) is 6.95. The van der Waals surface area contributed by atoms with E-state index in [9.17, 15) is 19.5 Å². The number of rotatable bonds is 6. The first-order valence-corrected chi connectivity index (χ1v) is 12.4. The van der Waals surface area contributed by atoms with Crippen molar-refractivity contribution < 1.29 is 43.2 Å². The predicted molar refractivity (Wildman–Crippen MR) is 136 cm³/mol. The monoisotopic (exact) mass is 522 g/mol. The molecule has 0 amide bonds. The molecule has 1 aliphatic rings. The van der Waals surface area contributed by atoms with Crippen LogP contribution in [0.2, 0.25) is 0 Å². The van der Waals surface area contributed by atoms with Crippen LogP contribution in [0, 0.1) is 16.2 Å². The molecule has 1 aromatic carbocycles. The number of hydrogen-bond acceptors (Lipinski definition) is 9. The molecular weight excluding hydrogens is 480 g/mol.